The van der Waals surface area contributed by atoms with Crippen molar-refractivity contribution in [2.24, 2.45) is 5.92 Å². The number of nitrogens with zero attached hydrogens (tertiary/aromatic N) is 1. The van der Waals surface area contributed by atoms with Crippen molar-refractivity contribution in [3.8, 4) is 11.5 Å². The molecule has 0 aliphatic carbocycles. The maximum atomic E-state index is 13.1. The van der Waals surface area contributed by atoms with Crippen molar-refractivity contribution in [1.82, 2.24) is 9.88 Å². The van der Waals surface area contributed by atoms with E-state index in [9.17, 15) is 19.5 Å². The number of carbonyl (C=O) groups excluding carboxylic acids is 1. The molecule has 1 fully saturated rings. The van der Waals surface area contributed by atoms with Gasteiger partial charge < -0.3 is 24.5 Å². The molecule has 1 aromatic carbocycles. The number of amides is 1. The first-order valence-corrected chi connectivity index (χ1v) is 8.97. The molecule has 1 aromatic heterocycles. The minimum atomic E-state index is -0.951. The standard InChI is InChI=1S/C20H20N2O6/c1-10-5-17(23)21-11(2)18(10)19(24)22-7-13(14(8-22)20(25)26)12-3-4-15-16(6-12)28-9-27-15/h3-6,13-14H,7-9H2,1-2H3,(H,21,23)(H,25,26)/t13-,14+/m1/s1. The lowest BCUT2D eigenvalue weighted by Crippen LogP contribution is -2.32. The largest absolute Gasteiger partial charge is 0.481 e. The number of likely N-dealkylation sites (tertiary alicyclic amines) is 1. The topological polar surface area (TPSA) is 109 Å². The molecule has 8 heteroatoms. The van der Waals surface area contributed by atoms with Crippen molar-refractivity contribution >= 4 is 11.9 Å². The summed E-state index contributed by atoms with van der Waals surface area (Å²) in [5, 5.41) is 9.71. The van der Waals surface area contributed by atoms with E-state index in [1.54, 1.807) is 30.9 Å². The van der Waals surface area contributed by atoms with Gasteiger partial charge in [0.2, 0.25) is 12.4 Å². The smallest absolute Gasteiger partial charge is 0.308 e. The van der Waals surface area contributed by atoms with Crippen LogP contribution in [0.3, 0.4) is 0 Å². The Bertz CT molecular complexity index is 1000. The molecule has 2 atom stereocenters. The molecular formula is C20H20N2O6. The van der Waals surface area contributed by atoms with E-state index >= 15 is 0 Å². The molecule has 2 aliphatic rings. The summed E-state index contributed by atoms with van der Waals surface area (Å²) in [5.41, 5.74) is 1.99. The summed E-state index contributed by atoms with van der Waals surface area (Å²) >= 11 is 0. The molecule has 0 saturated carbocycles. The van der Waals surface area contributed by atoms with Crippen molar-refractivity contribution in [3.05, 3.63) is 57.0 Å². The predicted octanol–water partition coefficient (Wildman–Crippen LogP) is 1.66. The zero-order chi connectivity index (χ0) is 20.0. The van der Waals surface area contributed by atoms with Crippen molar-refractivity contribution in [2.75, 3.05) is 19.9 Å². The van der Waals surface area contributed by atoms with Crippen LogP contribution in [0.5, 0.6) is 11.5 Å². The zero-order valence-corrected chi connectivity index (χ0v) is 15.5. The zero-order valence-electron chi connectivity index (χ0n) is 15.5. The van der Waals surface area contributed by atoms with E-state index < -0.39 is 11.9 Å². The quantitative estimate of drug-likeness (QED) is 0.833. The van der Waals surface area contributed by atoms with Gasteiger partial charge in [0, 0.05) is 30.8 Å². The van der Waals surface area contributed by atoms with Gasteiger partial charge in [-0.3, -0.25) is 14.4 Å². The number of hydrogen-bond acceptors (Lipinski definition) is 5. The highest BCUT2D eigenvalue weighted by atomic mass is 16.7. The van der Waals surface area contributed by atoms with Crippen molar-refractivity contribution in [1.29, 1.82) is 0 Å². The van der Waals surface area contributed by atoms with Crippen molar-refractivity contribution < 1.29 is 24.2 Å². The van der Waals surface area contributed by atoms with Crippen LogP contribution in [-0.2, 0) is 4.79 Å². The highest BCUT2D eigenvalue weighted by molar-refractivity contribution is 5.97. The highest BCUT2D eigenvalue weighted by Crippen LogP contribution is 2.39. The lowest BCUT2D eigenvalue weighted by atomic mass is 9.89. The van der Waals surface area contributed by atoms with Gasteiger partial charge in [0.25, 0.3) is 5.91 Å². The Morgan fingerprint density at radius 3 is 2.61 bits per heavy atom. The maximum absolute atomic E-state index is 13.1. The third-order valence-electron chi connectivity index (χ3n) is 5.39. The molecule has 3 heterocycles. The number of nitrogens with one attached hydrogen (secondary N) is 1. The van der Waals surface area contributed by atoms with Crippen LogP contribution in [0.4, 0.5) is 0 Å². The molecule has 146 valence electrons. The van der Waals surface area contributed by atoms with Gasteiger partial charge in [-0.05, 0) is 37.1 Å². The van der Waals surface area contributed by atoms with Crippen molar-refractivity contribution in [2.45, 2.75) is 19.8 Å². The third-order valence-corrected chi connectivity index (χ3v) is 5.39. The SMILES string of the molecule is Cc1cc(=O)[nH]c(C)c1C(=O)N1C[C@H](C(=O)O)[C@@H](c2ccc3c(c2)OCO3)C1. The summed E-state index contributed by atoms with van der Waals surface area (Å²) in [6.45, 7) is 3.89. The number of rotatable bonds is 3. The second kappa shape index (κ2) is 6.70. The van der Waals surface area contributed by atoms with Gasteiger partial charge in [-0.15, -0.1) is 0 Å². The Kier molecular flexibility index (Phi) is 4.33. The van der Waals surface area contributed by atoms with Crippen LogP contribution in [-0.4, -0.2) is 46.7 Å². The number of carbonyl (C=O) groups is 2. The number of aryl methyl sites for hydroxylation is 2. The van der Waals surface area contributed by atoms with Crippen LogP contribution in [0.2, 0.25) is 0 Å². The number of aliphatic carboxylic acids is 1. The molecule has 1 saturated heterocycles. The van der Waals surface area contributed by atoms with E-state index in [1.165, 1.54) is 6.07 Å². The molecular weight excluding hydrogens is 364 g/mol. The Balaban J connectivity index is 1.65. The third kappa shape index (κ3) is 3.00. The summed E-state index contributed by atoms with van der Waals surface area (Å²) in [4.78, 5) is 40.7. The number of fused-ring (bicyclic) bond motifs is 1. The predicted molar refractivity (Wildman–Crippen MR) is 98.9 cm³/mol. The minimum absolute atomic E-state index is 0.102. The van der Waals surface area contributed by atoms with E-state index in [-0.39, 0.29) is 37.3 Å². The normalized spacial score (nSPS) is 20.4. The molecule has 4 rings (SSSR count). The number of ether oxygens (including phenoxy) is 2. The van der Waals surface area contributed by atoms with Gasteiger partial charge >= 0.3 is 5.97 Å². The fourth-order valence-corrected chi connectivity index (χ4v) is 4.04. The second-order valence-corrected chi connectivity index (χ2v) is 7.19. The summed E-state index contributed by atoms with van der Waals surface area (Å²) in [6.07, 6.45) is 0. The van der Waals surface area contributed by atoms with E-state index in [0.717, 1.165) is 5.56 Å². The Labute approximate surface area is 160 Å². The Morgan fingerprint density at radius 2 is 1.89 bits per heavy atom. The first-order valence-electron chi connectivity index (χ1n) is 8.97. The molecule has 0 bridgehead atoms. The maximum Gasteiger partial charge on any atom is 0.308 e. The van der Waals surface area contributed by atoms with Gasteiger partial charge in [0.05, 0.1) is 11.5 Å². The van der Waals surface area contributed by atoms with E-state index in [4.69, 9.17) is 9.47 Å². The van der Waals surface area contributed by atoms with Gasteiger partial charge in [-0.1, -0.05) is 6.07 Å². The molecule has 0 radical (unpaired) electrons. The highest BCUT2D eigenvalue weighted by Gasteiger charge is 2.41. The summed E-state index contributed by atoms with van der Waals surface area (Å²) in [7, 11) is 0. The fourth-order valence-electron chi connectivity index (χ4n) is 4.04. The average Bonchev–Trinajstić information content (AvgIpc) is 3.27. The lowest BCUT2D eigenvalue weighted by molar-refractivity contribution is -0.141. The number of H-pyrrole nitrogens is 1. The number of benzene rings is 1. The van der Waals surface area contributed by atoms with Gasteiger partial charge in [0.15, 0.2) is 11.5 Å². The van der Waals surface area contributed by atoms with Crippen LogP contribution < -0.4 is 15.0 Å². The minimum Gasteiger partial charge on any atom is -0.481 e. The summed E-state index contributed by atoms with van der Waals surface area (Å²) in [5.74, 6) is -1.11. The Morgan fingerprint density at radius 1 is 1.14 bits per heavy atom. The summed E-state index contributed by atoms with van der Waals surface area (Å²) in [6, 6.07) is 6.74. The number of aromatic nitrogens is 1. The molecule has 2 aliphatic heterocycles. The number of aromatic amines is 1. The average molecular weight is 384 g/mol. The van der Waals surface area contributed by atoms with Crippen LogP contribution >= 0.6 is 0 Å². The fraction of sp³-hybridized carbons (Fsp3) is 0.350. The molecule has 2 N–H and O–H groups in total. The van der Waals surface area contributed by atoms with E-state index in [0.29, 0.717) is 28.3 Å². The monoisotopic (exact) mass is 384 g/mol. The first kappa shape index (κ1) is 18.1. The number of carboxylic acids is 1. The van der Waals surface area contributed by atoms with Crippen LogP contribution in [0, 0.1) is 19.8 Å². The second-order valence-electron chi connectivity index (χ2n) is 7.19. The first-order chi connectivity index (χ1) is 13.3. The summed E-state index contributed by atoms with van der Waals surface area (Å²) < 4.78 is 10.7. The molecule has 1 amide bonds. The molecule has 28 heavy (non-hydrogen) atoms. The van der Waals surface area contributed by atoms with Crippen LogP contribution in [0.1, 0.15) is 33.1 Å². The van der Waals surface area contributed by atoms with Crippen molar-refractivity contribution in [3.63, 3.8) is 0 Å². The Hall–Kier alpha value is -3.29. The number of pyridine rings is 1. The molecule has 0 spiro atoms. The van der Waals surface area contributed by atoms with E-state index in [2.05, 4.69) is 4.98 Å². The molecule has 8 nitrogen and oxygen atoms in total. The van der Waals surface area contributed by atoms with E-state index in [1.807, 2.05) is 6.07 Å². The van der Waals surface area contributed by atoms with Gasteiger partial charge in [-0.25, -0.2) is 0 Å². The van der Waals surface area contributed by atoms with Crippen LogP contribution in [0.25, 0.3) is 0 Å². The van der Waals surface area contributed by atoms with Gasteiger partial charge in [-0.2, -0.15) is 0 Å². The molecule has 2 aromatic rings. The number of carboxylic acid groups (broad SMARTS) is 1. The molecule has 0 unspecified atom stereocenters. The van der Waals surface area contributed by atoms with Gasteiger partial charge in [0.1, 0.15) is 0 Å². The van der Waals surface area contributed by atoms with Crippen LogP contribution in [0.15, 0.2) is 29.1 Å². The lowest BCUT2D eigenvalue weighted by Gasteiger charge is -2.19. The number of hydrogen-bond donors (Lipinski definition) is 2.